The second-order valence-corrected chi connectivity index (χ2v) is 3.14. The highest BCUT2D eigenvalue weighted by Crippen LogP contribution is 2.08. The van der Waals surface area contributed by atoms with E-state index in [0.29, 0.717) is 12.4 Å². The summed E-state index contributed by atoms with van der Waals surface area (Å²) in [5.41, 5.74) is 3.60. The first-order valence-electron chi connectivity index (χ1n) is 4.80. The lowest BCUT2D eigenvalue weighted by molar-refractivity contribution is 1.07. The maximum Gasteiger partial charge on any atom is 0.145 e. The van der Waals surface area contributed by atoms with Crippen molar-refractivity contribution >= 4 is 11.6 Å². The van der Waals surface area contributed by atoms with Crippen LogP contribution >= 0.6 is 0 Å². The van der Waals surface area contributed by atoms with E-state index >= 15 is 0 Å². The fraction of sp³-hybridized carbons (Fsp3) is 0.100. The number of nitrogens with two attached hydrogens (primary N) is 1. The van der Waals surface area contributed by atoms with Crippen molar-refractivity contribution in [3.63, 3.8) is 0 Å². The Morgan fingerprint density at radius 3 is 2.62 bits per heavy atom. The third-order valence-corrected chi connectivity index (χ3v) is 2.04. The van der Waals surface area contributed by atoms with Gasteiger partial charge in [0.25, 0.3) is 0 Å². The number of hydrazine groups is 1. The van der Waals surface area contributed by atoms with Crippen molar-refractivity contribution in [2.75, 3.05) is 10.7 Å². The number of nitrogens with zero attached hydrogens (tertiary/aromatic N) is 3. The van der Waals surface area contributed by atoms with Crippen molar-refractivity contribution in [1.29, 1.82) is 0 Å². The molecule has 0 radical (unpaired) electrons. The van der Waals surface area contributed by atoms with Crippen molar-refractivity contribution in [2.24, 2.45) is 5.84 Å². The van der Waals surface area contributed by atoms with E-state index in [1.807, 2.05) is 12.1 Å². The molecule has 0 aliphatic heterocycles. The van der Waals surface area contributed by atoms with Gasteiger partial charge in [-0.3, -0.25) is 4.98 Å². The zero-order valence-corrected chi connectivity index (χ0v) is 8.59. The van der Waals surface area contributed by atoms with E-state index in [0.717, 1.165) is 11.4 Å². The predicted octanol–water partition coefficient (Wildman–Crippen LogP) is 0.769. The summed E-state index contributed by atoms with van der Waals surface area (Å²) in [5, 5.41) is 3.16. The standard InChI is InChI=1S/C10H12N6/c11-16-10-5-9(14-7-15-10)13-6-8-1-3-12-4-2-8/h1-5,7H,6,11H2,(H2,13,14,15,16). The summed E-state index contributed by atoms with van der Waals surface area (Å²) < 4.78 is 0. The number of anilines is 2. The molecule has 0 aliphatic rings. The van der Waals surface area contributed by atoms with Crippen LogP contribution < -0.4 is 16.6 Å². The van der Waals surface area contributed by atoms with Gasteiger partial charge < -0.3 is 10.7 Å². The zero-order chi connectivity index (χ0) is 11.2. The van der Waals surface area contributed by atoms with Crippen molar-refractivity contribution < 1.29 is 0 Å². The Balaban J connectivity index is 1.99. The number of aromatic nitrogens is 3. The largest absolute Gasteiger partial charge is 0.366 e. The number of pyridine rings is 1. The van der Waals surface area contributed by atoms with Crippen LogP contribution in [-0.2, 0) is 6.54 Å². The molecule has 6 heteroatoms. The van der Waals surface area contributed by atoms with E-state index in [1.54, 1.807) is 18.5 Å². The average Bonchev–Trinajstić information content (AvgIpc) is 2.38. The van der Waals surface area contributed by atoms with Gasteiger partial charge in [-0.1, -0.05) is 0 Å². The molecular formula is C10H12N6. The van der Waals surface area contributed by atoms with Gasteiger partial charge in [0.2, 0.25) is 0 Å². The summed E-state index contributed by atoms with van der Waals surface area (Å²) in [7, 11) is 0. The molecule has 0 spiro atoms. The molecule has 2 aromatic rings. The molecule has 16 heavy (non-hydrogen) atoms. The lowest BCUT2D eigenvalue weighted by Crippen LogP contribution is -2.09. The molecule has 2 rings (SSSR count). The van der Waals surface area contributed by atoms with Crippen LogP contribution in [-0.4, -0.2) is 15.0 Å². The molecule has 0 unspecified atom stereocenters. The van der Waals surface area contributed by atoms with Crippen molar-refractivity contribution in [1.82, 2.24) is 15.0 Å². The van der Waals surface area contributed by atoms with E-state index in [-0.39, 0.29) is 0 Å². The van der Waals surface area contributed by atoms with Crippen LogP contribution in [0.3, 0.4) is 0 Å². The molecule has 0 bridgehead atoms. The second-order valence-electron chi connectivity index (χ2n) is 3.14. The number of nitrogen functional groups attached to an aromatic ring is 1. The maximum absolute atomic E-state index is 5.25. The van der Waals surface area contributed by atoms with Crippen molar-refractivity contribution in [3.8, 4) is 0 Å². The molecule has 0 atom stereocenters. The highest BCUT2D eigenvalue weighted by Gasteiger charge is 1.97. The first-order chi connectivity index (χ1) is 7.88. The van der Waals surface area contributed by atoms with Gasteiger partial charge in [0.15, 0.2) is 0 Å². The highest BCUT2D eigenvalue weighted by atomic mass is 15.3. The van der Waals surface area contributed by atoms with Gasteiger partial charge in [-0.25, -0.2) is 15.8 Å². The molecule has 0 aliphatic carbocycles. The van der Waals surface area contributed by atoms with Crippen LogP contribution in [0.2, 0.25) is 0 Å². The lowest BCUT2D eigenvalue weighted by atomic mass is 10.3. The molecule has 0 saturated carbocycles. The maximum atomic E-state index is 5.25. The summed E-state index contributed by atoms with van der Waals surface area (Å²) in [6.45, 7) is 0.684. The minimum absolute atomic E-state index is 0.576. The highest BCUT2D eigenvalue weighted by molar-refractivity contribution is 5.45. The Hall–Kier alpha value is -2.21. The van der Waals surface area contributed by atoms with Gasteiger partial charge in [0, 0.05) is 25.0 Å². The first-order valence-corrected chi connectivity index (χ1v) is 4.80. The van der Waals surface area contributed by atoms with E-state index in [9.17, 15) is 0 Å². The molecule has 82 valence electrons. The Morgan fingerprint density at radius 1 is 1.12 bits per heavy atom. The number of hydrogen-bond acceptors (Lipinski definition) is 6. The Kier molecular flexibility index (Phi) is 3.25. The smallest absolute Gasteiger partial charge is 0.145 e. The van der Waals surface area contributed by atoms with Crippen LogP contribution in [0, 0.1) is 0 Å². The summed E-state index contributed by atoms with van der Waals surface area (Å²) >= 11 is 0. The average molecular weight is 216 g/mol. The molecular weight excluding hydrogens is 204 g/mol. The quantitative estimate of drug-likeness (QED) is 0.516. The van der Waals surface area contributed by atoms with E-state index in [2.05, 4.69) is 25.7 Å². The molecule has 2 aromatic heterocycles. The first kappa shape index (κ1) is 10.3. The SMILES string of the molecule is NNc1cc(NCc2ccncc2)ncn1. The van der Waals surface area contributed by atoms with Crippen LogP contribution in [0.4, 0.5) is 11.6 Å². The fourth-order valence-corrected chi connectivity index (χ4v) is 1.23. The molecule has 0 fully saturated rings. The number of nitrogens with one attached hydrogen (secondary N) is 2. The summed E-state index contributed by atoms with van der Waals surface area (Å²) in [6, 6.07) is 5.62. The Bertz CT molecular complexity index is 444. The Morgan fingerprint density at radius 2 is 1.88 bits per heavy atom. The lowest BCUT2D eigenvalue weighted by Gasteiger charge is -2.06. The van der Waals surface area contributed by atoms with Gasteiger partial charge in [-0.15, -0.1) is 0 Å². The Labute approximate surface area is 92.9 Å². The number of hydrogen-bond donors (Lipinski definition) is 3. The molecule has 0 amide bonds. The normalized spacial score (nSPS) is 9.81. The third kappa shape index (κ3) is 2.64. The van der Waals surface area contributed by atoms with Gasteiger partial charge >= 0.3 is 0 Å². The monoisotopic (exact) mass is 216 g/mol. The predicted molar refractivity (Wildman–Crippen MR) is 61.4 cm³/mol. The molecule has 6 nitrogen and oxygen atoms in total. The van der Waals surface area contributed by atoms with E-state index in [1.165, 1.54) is 6.33 Å². The van der Waals surface area contributed by atoms with Gasteiger partial charge in [0.05, 0.1) is 0 Å². The summed E-state index contributed by atoms with van der Waals surface area (Å²) in [4.78, 5) is 11.9. The molecule has 2 heterocycles. The van der Waals surface area contributed by atoms with Crippen LogP contribution in [0.5, 0.6) is 0 Å². The summed E-state index contributed by atoms with van der Waals surface area (Å²) in [6.07, 6.45) is 4.96. The van der Waals surface area contributed by atoms with Crippen LogP contribution in [0.1, 0.15) is 5.56 Å². The summed E-state index contributed by atoms with van der Waals surface area (Å²) in [5.74, 6) is 6.55. The van der Waals surface area contributed by atoms with Crippen LogP contribution in [0.25, 0.3) is 0 Å². The molecule has 0 aromatic carbocycles. The second kappa shape index (κ2) is 5.04. The zero-order valence-electron chi connectivity index (χ0n) is 8.59. The third-order valence-electron chi connectivity index (χ3n) is 2.04. The minimum atomic E-state index is 0.576. The van der Waals surface area contributed by atoms with E-state index in [4.69, 9.17) is 5.84 Å². The van der Waals surface area contributed by atoms with Gasteiger partial charge in [-0.2, -0.15) is 0 Å². The minimum Gasteiger partial charge on any atom is -0.366 e. The van der Waals surface area contributed by atoms with Crippen molar-refractivity contribution in [3.05, 3.63) is 42.5 Å². The topological polar surface area (TPSA) is 88.8 Å². The van der Waals surface area contributed by atoms with Gasteiger partial charge in [0.1, 0.15) is 18.0 Å². The van der Waals surface area contributed by atoms with Crippen LogP contribution in [0.15, 0.2) is 36.9 Å². The van der Waals surface area contributed by atoms with Gasteiger partial charge in [-0.05, 0) is 17.7 Å². The molecule has 0 saturated heterocycles. The van der Waals surface area contributed by atoms with Crippen molar-refractivity contribution in [2.45, 2.75) is 6.54 Å². The number of rotatable bonds is 4. The fourth-order valence-electron chi connectivity index (χ4n) is 1.23. The molecule has 4 N–H and O–H groups in total. The van der Waals surface area contributed by atoms with E-state index < -0.39 is 0 Å².